The Morgan fingerprint density at radius 2 is 2.38 bits per heavy atom. The van der Waals surface area contributed by atoms with Crippen LogP contribution in [0.2, 0.25) is 0 Å². The van der Waals surface area contributed by atoms with Gasteiger partial charge in [0.25, 0.3) is 5.91 Å². The Labute approximate surface area is 104 Å². The molecule has 4 heteroatoms. The number of nitriles is 1. The predicted octanol–water partition coefficient (Wildman–Crippen LogP) is 2.87. The Hall–Kier alpha value is -1.34. The van der Waals surface area contributed by atoms with E-state index in [0.717, 1.165) is 10.9 Å². The molecule has 0 bridgehead atoms. The fourth-order valence-electron chi connectivity index (χ4n) is 1.31. The number of hydrogen-bond donors (Lipinski definition) is 1. The van der Waals surface area contributed by atoms with E-state index in [1.165, 1.54) is 0 Å². The maximum Gasteiger partial charge on any atom is 0.251 e. The molecule has 1 aromatic carbocycles. The van der Waals surface area contributed by atoms with E-state index >= 15 is 0 Å². The highest BCUT2D eigenvalue weighted by Crippen LogP contribution is 2.12. The van der Waals surface area contributed by atoms with Crippen molar-refractivity contribution >= 4 is 21.8 Å². The number of carbonyl (C=O) groups excluding carboxylic acids is 1. The Kier molecular flexibility index (Phi) is 5.00. The van der Waals surface area contributed by atoms with Gasteiger partial charge in [0.05, 0.1) is 12.5 Å². The SMILES string of the molecule is CCC(CC#N)NC(=O)c1cccc(Br)c1. The highest BCUT2D eigenvalue weighted by Gasteiger charge is 2.11. The van der Waals surface area contributed by atoms with Crippen molar-refractivity contribution in [3.05, 3.63) is 34.3 Å². The van der Waals surface area contributed by atoms with Crippen LogP contribution < -0.4 is 5.32 Å². The second kappa shape index (κ2) is 6.29. The fourth-order valence-corrected chi connectivity index (χ4v) is 1.71. The molecule has 1 rings (SSSR count). The lowest BCUT2D eigenvalue weighted by molar-refractivity contribution is 0.0936. The molecule has 0 saturated carbocycles. The molecule has 16 heavy (non-hydrogen) atoms. The molecule has 0 spiro atoms. The van der Waals surface area contributed by atoms with Gasteiger partial charge in [0.15, 0.2) is 0 Å². The van der Waals surface area contributed by atoms with Crippen molar-refractivity contribution in [1.29, 1.82) is 5.26 Å². The molecule has 0 aromatic heterocycles. The van der Waals surface area contributed by atoms with Crippen molar-refractivity contribution in [3.63, 3.8) is 0 Å². The maximum atomic E-state index is 11.8. The van der Waals surface area contributed by atoms with Gasteiger partial charge in [0.2, 0.25) is 0 Å². The maximum absolute atomic E-state index is 11.8. The van der Waals surface area contributed by atoms with E-state index in [-0.39, 0.29) is 11.9 Å². The largest absolute Gasteiger partial charge is 0.348 e. The summed E-state index contributed by atoms with van der Waals surface area (Å²) >= 11 is 3.31. The highest BCUT2D eigenvalue weighted by molar-refractivity contribution is 9.10. The molecular formula is C12H13BrN2O. The number of hydrogen-bond acceptors (Lipinski definition) is 2. The molecule has 0 aliphatic heterocycles. The van der Waals surface area contributed by atoms with Gasteiger partial charge in [-0.05, 0) is 24.6 Å². The zero-order chi connectivity index (χ0) is 12.0. The van der Waals surface area contributed by atoms with Crippen LogP contribution in [0, 0.1) is 11.3 Å². The van der Waals surface area contributed by atoms with Gasteiger partial charge >= 0.3 is 0 Å². The molecule has 1 amide bonds. The van der Waals surface area contributed by atoms with Crippen LogP contribution in [0.4, 0.5) is 0 Å². The van der Waals surface area contributed by atoms with Crippen molar-refractivity contribution in [3.8, 4) is 6.07 Å². The lowest BCUT2D eigenvalue weighted by atomic mass is 10.1. The summed E-state index contributed by atoms with van der Waals surface area (Å²) in [7, 11) is 0. The Morgan fingerprint density at radius 3 is 2.94 bits per heavy atom. The summed E-state index contributed by atoms with van der Waals surface area (Å²) in [5.74, 6) is -0.136. The molecule has 0 fully saturated rings. The van der Waals surface area contributed by atoms with Crippen molar-refractivity contribution in [2.45, 2.75) is 25.8 Å². The van der Waals surface area contributed by atoms with Crippen molar-refractivity contribution in [2.24, 2.45) is 0 Å². The summed E-state index contributed by atoms with van der Waals surface area (Å²) in [5, 5.41) is 11.4. The predicted molar refractivity (Wildman–Crippen MR) is 65.9 cm³/mol. The first-order valence-corrected chi connectivity index (χ1v) is 5.90. The number of nitrogens with one attached hydrogen (secondary N) is 1. The molecule has 1 atom stereocenters. The third-order valence-electron chi connectivity index (χ3n) is 2.25. The van der Waals surface area contributed by atoms with Gasteiger partial charge in [-0.25, -0.2) is 0 Å². The second-order valence-electron chi connectivity index (χ2n) is 3.45. The fraction of sp³-hybridized carbons (Fsp3) is 0.333. The van der Waals surface area contributed by atoms with Crippen LogP contribution in [0.1, 0.15) is 30.1 Å². The van der Waals surface area contributed by atoms with Crippen LogP contribution in [0.5, 0.6) is 0 Å². The lowest BCUT2D eigenvalue weighted by Gasteiger charge is -2.13. The minimum Gasteiger partial charge on any atom is -0.348 e. The van der Waals surface area contributed by atoms with E-state index in [0.29, 0.717) is 12.0 Å². The summed E-state index contributed by atoms with van der Waals surface area (Å²) in [6.07, 6.45) is 1.10. The number of benzene rings is 1. The Balaban J connectivity index is 2.68. The summed E-state index contributed by atoms with van der Waals surface area (Å²) in [4.78, 5) is 11.8. The Morgan fingerprint density at radius 1 is 1.62 bits per heavy atom. The third-order valence-corrected chi connectivity index (χ3v) is 2.75. The number of rotatable bonds is 4. The van der Waals surface area contributed by atoms with E-state index in [4.69, 9.17) is 5.26 Å². The van der Waals surface area contributed by atoms with Gasteiger partial charge < -0.3 is 5.32 Å². The molecule has 0 aliphatic rings. The summed E-state index contributed by atoms with van der Waals surface area (Å²) < 4.78 is 0.869. The molecule has 0 heterocycles. The quantitative estimate of drug-likeness (QED) is 0.922. The number of carbonyl (C=O) groups is 1. The zero-order valence-electron chi connectivity index (χ0n) is 9.03. The van der Waals surface area contributed by atoms with Gasteiger partial charge in [0, 0.05) is 16.1 Å². The van der Waals surface area contributed by atoms with Gasteiger partial charge in [-0.3, -0.25) is 4.79 Å². The van der Waals surface area contributed by atoms with Crippen LogP contribution >= 0.6 is 15.9 Å². The molecular weight excluding hydrogens is 268 g/mol. The normalized spacial score (nSPS) is 11.6. The molecule has 1 unspecified atom stereocenters. The van der Waals surface area contributed by atoms with E-state index < -0.39 is 0 Å². The van der Waals surface area contributed by atoms with Gasteiger partial charge in [-0.2, -0.15) is 5.26 Å². The van der Waals surface area contributed by atoms with Crippen molar-refractivity contribution in [2.75, 3.05) is 0 Å². The third kappa shape index (κ3) is 3.67. The molecule has 1 N–H and O–H groups in total. The number of halogens is 1. The monoisotopic (exact) mass is 280 g/mol. The number of nitrogens with zero attached hydrogens (tertiary/aromatic N) is 1. The number of amides is 1. The molecule has 0 radical (unpaired) electrons. The minimum absolute atomic E-state index is 0.0727. The summed E-state index contributed by atoms with van der Waals surface area (Å²) in [6.45, 7) is 1.95. The van der Waals surface area contributed by atoms with E-state index in [9.17, 15) is 4.79 Å². The average Bonchev–Trinajstić information content (AvgIpc) is 2.28. The molecule has 3 nitrogen and oxygen atoms in total. The summed E-state index contributed by atoms with van der Waals surface area (Å²) in [5.41, 5.74) is 0.603. The van der Waals surface area contributed by atoms with E-state index in [1.54, 1.807) is 12.1 Å². The first-order valence-electron chi connectivity index (χ1n) is 5.10. The van der Waals surface area contributed by atoms with Crippen LogP contribution in [-0.4, -0.2) is 11.9 Å². The smallest absolute Gasteiger partial charge is 0.251 e. The molecule has 84 valence electrons. The first-order chi connectivity index (χ1) is 7.67. The van der Waals surface area contributed by atoms with E-state index in [1.807, 2.05) is 19.1 Å². The lowest BCUT2D eigenvalue weighted by Crippen LogP contribution is -2.34. The van der Waals surface area contributed by atoms with Gasteiger partial charge in [0.1, 0.15) is 0 Å². The minimum atomic E-state index is -0.136. The van der Waals surface area contributed by atoms with Crippen LogP contribution in [-0.2, 0) is 0 Å². The highest BCUT2D eigenvalue weighted by atomic mass is 79.9. The van der Waals surface area contributed by atoms with Crippen LogP contribution in [0.15, 0.2) is 28.7 Å². The van der Waals surface area contributed by atoms with Gasteiger partial charge in [-0.1, -0.05) is 28.9 Å². The standard InChI is InChI=1S/C12H13BrN2O/c1-2-11(6-7-14)15-12(16)9-4-3-5-10(13)8-9/h3-5,8,11H,2,6H2,1H3,(H,15,16). The van der Waals surface area contributed by atoms with Crippen molar-refractivity contribution < 1.29 is 4.79 Å². The molecule has 1 aromatic rings. The topological polar surface area (TPSA) is 52.9 Å². The molecule has 0 saturated heterocycles. The molecule has 0 aliphatic carbocycles. The van der Waals surface area contributed by atoms with E-state index in [2.05, 4.69) is 27.3 Å². The second-order valence-corrected chi connectivity index (χ2v) is 4.37. The van der Waals surface area contributed by atoms with Gasteiger partial charge in [-0.15, -0.1) is 0 Å². The summed E-state index contributed by atoms with van der Waals surface area (Å²) in [6, 6.07) is 9.17. The van der Waals surface area contributed by atoms with Crippen LogP contribution in [0.25, 0.3) is 0 Å². The van der Waals surface area contributed by atoms with Crippen molar-refractivity contribution in [1.82, 2.24) is 5.32 Å². The first kappa shape index (κ1) is 12.7. The zero-order valence-corrected chi connectivity index (χ0v) is 10.6. The average molecular weight is 281 g/mol. The Bertz CT molecular complexity index is 412. The van der Waals surface area contributed by atoms with Crippen LogP contribution in [0.3, 0.4) is 0 Å².